The van der Waals surface area contributed by atoms with Gasteiger partial charge in [0, 0.05) is 61.1 Å². The zero-order chi connectivity index (χ0) is 23.4. The maximum absolute atomic E-state index is 9.29. The molecule has 0 saturated carbocycles. The Morgan fingerprint density at radius 1 is 1.29 bits per heavy atom. The van der Waals surface area contributed by atoms with E-state index in [1.165, 1.54) is 28.8 Å². The number of hydrogen-bond donors (Lipinski definition) is 1. The molecule has 2 aromatic heterocycles. The fraction of sp³-hybridized carbons (Fsp3) is 0.429. The Labute approximate surface area is 201 Å². The quantitative estimate of drug-likeness (QED) is 0.747. The third-order valence-corrected chi connectivity index (χ3v) is 8.24. The lowest BCUT2D eigenvalue weighted by Crippen LogP contribution is -2.46. The fourth-order valence-electron chi connectivity index (χ4n) is 6.23. The van der Waals surface area contributed by atoms with Gasteiger partial charge in [-0.2, -0.15) is 5.26 Å². The number of allylic oxidation sites excluding steroid dienone is 6. The average molecular weight is 453 g/mol. The molecular formula is C28H32N6. The lowest BCUT2D eigenvalue weighted by Gasteiger charge is -2.40. The van der Waals surface area contributed by atoms with Gasteiger partial charge in [-0.15, -0.1) is 0 Å². The molecule has 0 aromatic carbocycles. The van der Waals surface area contributed by atoms with E-state index in [0.717, 1.165) is 49.6 Å². The van der Waals surface area contributed by atoms with Gasteiger partial charge < -0.3 is 9.88 Å². The molecule has 1 N–H and O–H groups in total. The van der Waals surface area contributed by atoms with Gasteiger partial charge in [0.15, 0.2) is 5.82 Å². The molecule has 2 aliphatic carbocycles. The van der Waals surface area contributed by atoms with Crippen molar-refractivity contribution >= 4 is 11.3 Å². The minimum atomic E-state index is 0.0323. The lowest BCUT2D eigenvalue weighted by molar-refractivity contribution is 0.177. The summed E-state index contributed by atoms with van der Waals surface area (Å²) in [5, 5.41) is 12.8. The van der Waals surface area contributed by atoms with Crippen molar-refractivity contribution in [2.45, 2.75) is 51.2 Å². The molecule has 174 valence electrons. The van der Waals surface area contributed by atoms with E-state index in [9.17, 15) is 5.26 Å². The van der Waals surface area contributed by atoms with Gasteiger partial charge in [-0.3, -0.25) is 9.47 Å². The first kappa shape index (κ1) is 21.4. The largest absolute Gasteiger partial charge is 0.340 e. The van der Waals surface area contributed by atoms with Crippen LogP contribution in [0.2, 0.25) is 0 Å². The third kappa shape index (κ3) is 3.34. The van der Waals surface area contributed by atoms with E-state index in [4.69, 9.17) is 4.98 Å². The number of nitrogens with zero attached hydrogens (tertiary/aromatic N) is 5. The SMILES string of the molecule is CN[C@@H]1CCN(C2(C)C=CC3=C(Cn4cc(C5=CC=C(C#N)CC5C)cc4-c4nccn43)C2)C1. The highest BCUT2D eigenvalue weighted by molar-refractivity contribution is 5.77. The third-order valence-electron chi connectivity index (χ3n) is 8.24. The van der Waals surface area contributed by atoms with Crippen LogP contribution >= 0.6 is 0 Å². The molecule has 6 rings (SSSR count). The molecule has 1 saturated heterocycles. The van der Waals surface area contributed by atoms with Crippen LogP contribution in [0, 0.1) is 17.2 Å². The normalized spacial score (nSPS) is 28.5. The van der Waals surface area contributed by atoms with E-state index < -0.39 is 0 Å². The highest BCUT2D eigenvalue weighted by Crippen LogP contribution is 2.41. The first-order valence-electron chi connectivity index (χ1n) is 12.4. The van der Waals surface area contributed by atoms with E-state index in [-0.39, 0.29) is 5.54 Å². The second kappa shape index (κ2) is 7.97. The average Bonchev–Trinajstić information content (AvgIpc) is 3.58. The Balaban J connectivity index is 1.37. The van der Waals surface area contributed by atoms with E-state index in [2.05, 4.69) is 83.0 Å². The summed E-state index contributed by atoms with van der Waals surface area (Å²) in [6.45, 7) is 7.71. The van der Waals surface area contributed by atoms with Gasteiger partial charge in [0.1, 0.15) is 0 Å². The van der Waals surface area contributed by atoms with Crippen molar-refractivity contribution in [1.82, 2.24) is 24.3 Å². The monoisotopic (exact) mass is 452 g/mol. The van der Waals surface area contributed by atoms with Gasteiger partial charge in [-0.1, -0.05) is 19.1 Å². The fourth-order valence-corrected chi connectivity index (χ4v) is 6.23. The molecule has 6 nitrogen and oxygen atoms in total. The summed E-state index contributed by atoms with van der Waals surface area (Å²) in [6.07, 6.45) is 18.2. The Bertz CT molecular complexity index is 1310. The van der Waals surface area contributed by atoms with E-state index >= 15 is 0 Å². The van der Waals surface area contributed by atoms with Gasteiger partial charge in [0.05, 0.1) is 11.8 Å². The minimum Gasteiger partial charge on any atom is -0.340 e. The summed E-state index contributed by atoms with van der Waals surface area (Å²) < 4.78 is 4.65. The topological polar surface area (TPSA) is 61.8 Å². The Hall–Kier alpha value is -3.14. The van der Waals surface area contributed by atoms with E-state index in [0.29, 0.717) is 12.0 Å². The van der Waals surface area contributed by atoms with Crippen LogP contribution in [-0.2, 0) is 6.54 Å². The number of rotatable bonds is 3. The van der Waals surface area contributed by atoms with Crippen LogP contribution in [0.5, 0.6) is 0 Å². The molecular weight excluding hydrogens is 420 g/mol. The zero-order valence-corrected chi connectivity index (χ0v) is 20.3. The molecule has 4 aliphatic rings. The van der Waals surface area contributed by atoms with Gasteiger partial charge in [-0.05, 0) is 74.1 Å². The van der Waals surface area contributed by atoms with Crippen molar-refractivity contribution in [3.63, 3.8) is 0 Å². The Morgan fingerprint density at radius 3 is 2.94 bits per heavy atom. The molecule has 0 radical (unpaired) electrons. The maximum Gasteiger partial charge on any atom is 0.161 e. The van der Waals surface area contributed by atoms with Crippen molar-refractivity contribution in [2.24, 2.45) is 5.92 Å². The molecule has 2 unspecified atom stereocenters. The molecule has 3 atom stereocenters. The van der Waals surface area contributed by atoms with Crippen LogP contribution in [0.1, 0.15) is 38.7 Å². The molecule has 1 fully saturated rings. The number of imidazole rings is 1. The maximum atomic E-state index is 9.29. The zero-order valence-electron chi connectivity index (χ0n) is 20.3. The molecule has 2 aromatic rings. The van der Waals surface area contributed by atoms with Crippen molar-refractivity contribution in [1.29, 1.82) is 5.26 Å². The first-order chi connectivity index (χ1) is 16.5. The minimum absolute atomic E-state index is 0.0323. The van der Waals surface area contributed by atoms with Gasteiger partial charge in [0.25, 0.3) is 0 Å². The Morgan fingerprint density at radius 2 is 2.18 bits per heavy atom. The molecule has 6 heteroatoms. The van der Waals surface area contributed by atoms with Crippen LogP contribution in [-0.4, -0.2) is 50.7 Å². The summed E-state index contributed by atoms with van der Waals surface area (Å²) in [6, 6.07) is 5.18. The predicted octanol–water partition coefficient (Wildman–Crippen LogP) is 4.46. The van der Waals surface area contributed by atoms with Crippen molar-refractivity contribution in [3.8, 4) is 17.6 Å². The summed E-state index contributed by atoms with van der Waals surface area (Å²) in [7, 11) is 2.07. The van der Waals surface area contributed by atoms with Gasteiger partial charge >= 0.3 is 0 Å². The van der Waals surface area contributed by atoms with Crippen molar-refractivity contribution < 1.29 is 0 Å². The van der Waals surface area contributed by atoms with Crippen molar-refractivity contribution in [2.75, 3.05) is 20.1 Å². The lowest BCUT2D eigenvalue weighted by atomic mass is 9.85. The number of likely N-dealkylation sites (N-methyl/N-ethyl adjacent to an activating group) is 1. The number of nitrogens with one attached hydrogen (secondary N) is 1. The van der Waals surface area contributed by atoms with Gasteiger partial charge in [-0.25, -0.2) is 4.98 Å². The van der Waals surface area contributed by atoms with Crippen molar-refractivity contribution in [3.05, 3.63) is 65.7 Å². The molecule has 2 aliphatic heterocycles. The van der Waals surface area contributed by atoms with Crippen LogP contribution < -0.4 is 5.32 Å². The first-order valence-corrected chi connectivity index (χ1v) is 12.4. The Kier molecular flexibility index (Phi) is 5.02. The van der Waals surface area contributed by atoms with E-state index in [1.807, 2.05) is 12.3 Å². The molecule has 34 heavy (non-hydrogen) atoms. The molecule has 4 heterocycles. The van der Waals surface area contributed by atoms with Crippen LogP contribution in [0.25, 0.3) is 22.8 Å². The summed E-state index contributed by atoms with van der Waals surface area (Å²) >= 11 is 0. The van der Waals surface area contributed by atoms with Crippen LogP contribution in [0.4, 0.5) is 0 Å². The van der Waals surface area contributed by atoms with Crippen LogP contribution in [0.3, 0.4) is 0 Å². The summed E-state index contributed by atoms with van der Waals surface area (Å²) in [4.78, 5) is 7.41. The summed E-state index contributed by atoms with van der Waals surface area (Å²) in [5.41, 5.74) is 7.31. The second-order valence-corrected chi connectivity index (χ2v) is 10.5. The molecule has 0 spiro atoms. The van der Waals surface area contributed by atoms with Crippen LogP contribution in [0.15, 0.2) is 60.1 Å². The highest BCUT2D eigenvalue weighted by atomic mass is 15.2. The number of fused-ring (bicyclic) bond motifs is 4. The number of nitriles is 1. The standard InChI is InChI=1S/C28H32N6/c1-19-12-20(15-29)4-5-24(19)21-13-26-27-31-9-11-34(27)25-6-8-28(2,14-22(25)17-32(26)16-21)33-10-7-23(18-33)30-3/h4-6,8-9,11,13,16,19,23,30H,7,10,12,14,17-18H2,1-3H3/t19?,23-,28?/m1/s1. The number of hydrogen-bond acceptors (Lipinski definition) is 4. The number of aromatic nitrogens is 3. The van der Waals surface area contributed by atoms with Gasteiger partial charge in [0.2, 0.25) is 0 Å². The number of likely N-dealkylation sites (tertiary alicyclic amines) is 1. The predicted molar refractivity (Wildman–Crippen MR) is 136 cm³/mol. The molecule has 0 bridgehead atoms. The van der Waals surface area contributed by atoms with E-state index in [1.54, 1.807) is 0 Å². The molecule has 0 amide bonds. The highest BCUT2D eigenvalue weighted by Gasteiger charge is 2.38. The smallest absolute Gasteiger partial charge is 0.161 e. The summed E-state index contributed by atoms with van der Waals surface area (Å²) in [5.74, 6) is 1.33. The second-order valence-electron chi connectivity index (χ2n) is 10.5.